The average Bonchev–Trinajstić information content (AvgIpc) is 2.77. The van der Waals surface area contributed by atoms with E-state index in [1.54, 1.807) is 0 Å². The molecular weight excluding hydrogens is 444 g/mol. The van der Waals surface area contributed by atoms with Gasteiger partial charge in [-0.15, -0.1) is 0 Å². The van der Waals surface area contributed by atoms with Crippen LogP contribution in [0.3, 0.4) is 0 Å². The fraction of sp³-hybridized carbons (Fsp3) is 0.286. The van der Waals surface area contributed by atoms with Gasteiger partial charge in [-0.25, -0.2) is 0 Å². The van der Waals surface area contributed by atoms with Crippen LogP contribution in [0.2, 0.25) is 0 Å². The topological polar surface area (TPSA) is 211 Å². The summed E-state index contributed by atoms with van der Waals surface area (Å²) in [5.41, 5.74) is -0.777. The van der Waals surface area contributed by atoms with Crippen molar-refractivity contribution >= 4 is 11.0 Å². The second-order valence-corrected chi connectivity index (χ2v) is 7.44. The second-order valence-electron chi connectivity index (χ2n) is 7.44. The minimum absolute atomic E-state index is 0.0378. The number of phenolic OH excluding ortho intramolecular Hbond substituents is 4. The smallest absolute Gasteiger partial charge is 0.229 e. The first-order valence-corrected chi connectivity index (χ1v) is 9.64. The van der Waals surface area contributed by atoms with Gasteiger partial charge < -0.3 is 54.7 Å². The van der Waals surface area contributed by atoms with E-state index >= 15 is 0 Å². The maximum Gasteiger partial charge on any atom is 0.229 e. The Bertz CT molecular complexity index is 1250. The molecule has 1 fully saturated rings. The van der Waals surface area contributed by atoms with Crippen molar-refractivity contribution in [3.8, 4) is 40.1 Å². The van der Waals surface area contributed by atoms with Crippen molar-refractivity contribution < 1.29 is 54.7 Å². The Morgan fingerprint density at radius 1 is 0.879 bits per heavy atom. The largest absolute Gasteiger partial charge is 0.504 e. The average molecular weight is 464 g/mol. The van der Waals surface area contributed by atoms with Crippen LogP contribution in [-0.2, 0) is 4.74 Å². The fourth-order valence-electron chi connectivity index (χ4n) is 3.49. The number of aliphatic hydroxyl groups excluding tert-OH is 4. The summed E-state index contributed by atoms with van der Waals surface area (Å²) in [5.74, 6) is -3.11. The molecular formula is C21H20O12. The van der Waals surface area contributed by atoms with Gasteiger partial charge in [-0.3, -0.25) is 4.79 Å². The van der Waals surface area contributed by atoms with Crippen molar-refractivity contribution in [3.05, 3.63) is 40.6 Å². The Labute approximate surface area is 184 Å². The molecule has 8 N–H and O–H groups in total. The highest BCUT2D eigenvalue weighted by atomic mass is 16.7. The molecule has 1 aliphatic rings. The van der Waals surface area contributed by atoms with E-state index in [1.807, 2.05) is 0 Å². The zero-order valence-electron chi connectivity index (χ0n) is 16.7. The Kier molecular flexibility index (Phi) is 5.78. The third-order valence-electron chi connectivity index (χ3n) is 5.27. The number of aromatic hydroxyl groups is 4. The van der Waals surface area contributed by atoms with Crippen molar-refractivity contribution in [1.29, 1.82) is 0 Å². The van der Waals surface area contributed by atoms with Gasteiger partial charge in [0.15, 0.2) is 28.4 Å². The lowest BCUT2D eigenvalue weighted by Gasteiger charge is -2.39. The molecule has 0 bridgehead atoms. The summed E-state index contributed by atoms with van der Waals surface area (Å²) in [6, 6.07) is 5.66. The number of phenols is 4. The molecule has 3 aromatic rings. The van der Waals surface area contributed by atoms with Gasteiger partial charge >= 0.3 is 0 Å². The molecule has 1 aromatic heterocycles. The summed E-state index contributed by atoms with van der Waals surface area (Å²) >= 11 is 0. The highest BCUT2D eigenvalue weighted by molar-refractivity contribution is 5.89. The van der Waals surface area contributed by atoms with Crippen molar-refractivity contribution in [3.63, 3.8) is 0 Å². The summed E-state index contributed by atoms with van der Waals surface area (Å²) in [4.78, 5) is 12.7. The Balaban J connectivity index is 1.75. The number of aliphatic hydroxyl groups is 4. The predicted molar refractivity (Wildman–Crippen MR) is 109 cm³/mol. The van der Waals surface area contributed by atoms with E-state index in [0.717, 1.165) is 18.2 Å². The lowest BCUT2D eigenvalue weighted by atomic mass is 9.99. The van der Waals surface area contributed by atoms with Crippen molar-refractivity contribution in [1.82, 2.24) is 0 Å². The van der Waals surface area contributed by atoms with Gasteiger partial charge in [-0.1, -0.05) is 0 Å². The number of hydrogen-bond acceptors (Lipinski definition) is 12. The minimum Gasteiger partial charge on any atom is -0.504 e. The number of ether oxygens (including phenoxy) is 2. The van der Waals surface area contributed by atoms with Crippen molar-refractivity contribution in [2.75, 3.05) is 6.61 Å². The van der Waals surface area contributed by atoms with Crippen LogP contribution in [0.15, 0.2) is 39.5 Å². The predicted octanol–water partition coefficient (Wildman–Crippen LogP) is -0.539. The number of hydrogen-bond donors (Lipinski definition) is 8. The van der Waals surface area contributed by atoms with Crippen LogP contribution in [0.25, 0.3) is 22.3 Å². The van der Waals surface area contributed by atoms with E-state index in [1.165, 1.54) is 12.1 Å². The van der Waals surface area contributed by atoms with Gasteiger partial charge in [0.1, 0.15) is 41.1 Å². The summed E-state index contributed by atoms with van der Waals surface area (Å²) < 4.78 is 16.0. The summed E-state index contributed by atoms with van der Waals surface area (Å²) in [6.45, 7) is -0.723. The van der Waals surface area contributed by atoms with Crippen molar-refractivity contribution in [2.45, 2.75) is 30.7 Å². The molecule has 2 heterocycles. The van der Waals surface area contributed by atoms with Crippen molar-refractivity contribution in [2.24, 2.45) is 0 Å². The van der Waals surface area contributed by atoms with Gasteiger partial charge in [-0.2, -0.15) is 0 Å². The third-order valence-corrected chi connectivity index (χ3v) is 5.27. The first-order chi connectivity index (χ1) is 15.6. The zero-order chi connectivity index (χ0) is 24.0. The number of rotatable bonds is 4. The maximum absolute atomic E-state index is 12.7. The monoisotopic (exact) mass is 464 g/mol. The van der Waals surface area contributed by atoms with Crippen LogP contribution in [0.1, 0.15) is 0 Å². The molecule has 0 saturated carbocycles. The molecule has 0 unspecified atom stereocenters. The van der Waals surface area contributed by atoms with Crippen LogP contribution in [0, 0.1) is 0 Å². The Morgan fingerprint density at radius 2 is 1.61 bits per heavy atom. The van der Waals surface area contributed by atoms with E-state index in [4.69, 9.17) is 13.9 Å². The first-order valence-electron chi connectivity index (χ1n) is 9.64. The highest BCUT2D eigenvalue weighted by Gasteiger charge is 2.45. The van der Waals surface area contributed by atoms with E-state index in [-0.39, 0.29) is 28.0 Å². The molecule has 0 aliphatic carbocycles. The van der Waals surface area contributed by atoms with Gasteiger partial charge in [0.05, 0.1) is 6.61 Å². The molecule has 2 aromatic carbocycles. The highest BCUT2D eigenvalue weighted by Crippen LogP contribution is 2.43. The summed E-state index contributed by atoms with van der Waals surface area (Å²) in [7, 11) is 0. The molecule has 12 heteroatoms. The first kappa shape index (κ1) is 22.6. The minimum atomic E-state index is -1.82. The Hall–Kier alpha value is -3.55. The molecule has 0 spiro atoms. The molecule has 1 aliphatic heterocycles. The van der Waals surface area contributed by atoms with Gasteiger partial charge in [-0.05, 0) is 18.2 Å². The molecule has 4 rings (SSSR count). The Morgan fingerprint density at radius 3 is 2.27 bits per heavy atom. The zero-order valence-corrected chi connectivity index (χ0v) is 16.7. The van der Waals surface area contributed by atoms with Crippen LogP contribution in [0.4, 0.5) is 0 Å². The van der Waals surface area contributed by atoms with Crippen LogP contribution in [-0.4, -0.2) is 78.2 Å². The SMILES string of the molecule is O=c1cc(-c2ccc(O)c(O)c2)oc2cc(O)c(O[C@H]3O[C@H](CO)[C@@H](O)[C@H](O)[C@H]3O)c(O)c12. The third kappa shape index (κ3) is 3.90. The van der Waals surface area contributed by atoms with Gasteiger partial charge in [0.2, 0.25) is 12.0 Å². The van der Waals surface area contributed by atoms with E-state index < -0.39 is 65.7 Å². The number of benzene rings is 2. The van der Waals surface area contributed by atoms with Crippen LogP contribution in [0.5, 0.6) is 28.7 Å². The number of fused-ring (bicyclic) bond motifs is 1. The van der Waals surface area contributed by atoms with E-state index in [2.05, 4.69) is 0 Å². The van der Waals surface area contributed by atoms with E-state index in [9.17, 15) is 45.6 Å². The lowest BCUT2D eigenvalue weighted by molar-refractivity contribution is -0.277. The molecule has 0 radical (unpaired) electrons. The molecule has 1 saturated heterocycles. The molecule has 12 nitrogen and oxygen atoms in total. The van der Waals surface area contributed by atoms with Gasteiger partial charge in [0, 0.05) is 17.7 Å². The second kappa shape index (κ2) is 8.42. The molecule has 5 atom stereocenters. The lowest BCUT2D eigenvalue weighted by Crippen LogP contribution is -2.60. The fourth-order valence-corrected chi connectivity index (χ4v) is 3.49. The van der Waals surface area contributed by atoms with Gasteiger partial charge in [0.25, 0.3) is 0 Å². The normalized spacial score (nSPS) is 25.3. The van der Waals surface area contributed by atoms with Crippen LogP contribution < -0.4 is 10.2 Å². The maximum atomic E-state index is 12.7. The summed E-state index contributed by atoms with van der Waals surface area (Å²) in [5, 5.41) is 78.8. The van der Waals surface area contributed by atoms with E-state index in [0.29, 0.717) is 0 Å². The molecule has 0 amide bonds. The standard InChI is InChI=1S/C21H20O12/c22-6-14-16(27)18(29)19(30)21(32-14)33-20-11(26)5-13-15(17(20)28)10(25)4-12(31-13)7-1-2-8(23)9(24)3-7/h1-5,14,16,18-19,21-24,26-30H,6H2/t14-,16-,18+,19-,21-/m1/s1. The quantitative estimate of drug-likeness (QED) is 0.229. The van der Waals surface area contributed by atoms with Crippen LogP contribution >= 0.6 is 0 Å². The molecule has 176 valence electrons. The summed E-state index contributed by atoms with van der Waals surface area (Å²) in [6.07, 6.45) is -8.25. The molecule has 33 heavy (non-hydrogen) atoms.